The van der Waals surface area contributed by atoms with Crippen LogP contribution in [0.25, 0.3) is 0 Å². The van der Waals surface area contributed by atoms with Gasteiger partial charge in [-0.1, -0.05) is 0 Å². The molecule has 1 atom stereocenters. The first-order chi connectivity index (χ1) is 10.5. The Morgan fingerprint density at radius 2 is 2.00 bits per heavy atom. The molecule has 2 aromatic heterocycles. The zero-order chi connectivity index (χ0) is 16.1. The Morgan fingerprint density at radius 1 is 1.27 bits per heavy atom. The summed E-state index contributed by atoms with van der Waals surface area (Å²) in [6, 6.07) is 6.52. The van der Waals surface area contributed by atoms with Gasteiger partial charge in [-0.3, -0.25) is 9.59 Å². The van der Waals surface area contributed by atoms with Crippen LogP contribution in [0.4, 0.5) is 0 Å². The zero-order valence-electron chi connectivity index (χ0n) is 12.1. The predicted octanol–water partition coefficient (Wildman–Crippen LogP) is 2.41. The Bertz CT molecular complexity index is 674. The summed E-state index contributed by atoms with van der Waals surface area (Å²) < 4.78 is 10.2. The molecule has 0 fully saturated rings. The van der Waals surface area contributed by atoms with E-state index in [9.17, 15) is 14.4 Å². The largest absolute Gasteiger partial charge is 0.467 e. The number of thiophene rings is 1. The summed E-state index contributed by atoms with van der Waals surface area (Å²) in [7, 11) is 0. The van der Waals surface area contributed by atoms with Crippen LogP contribution < -0.4 is 5.32 Å². The summed E-state index contributed by atoms with van der Waals surface area (Å²) in [5, 5.41) is 2.60. The van der Waals surface area contributed by atoms with Crippen molar-refractivity contribution in [1.82, 2.24) is 5.32 Å². The second kappa shape index (κ2) is 7.04. The second-order valence-corrected chi connectivity index (χ2v) is 5.65. The minimum Gasteiger partial charge on any atom is -0.467 e. The molecule has 0 aliphatic carbocycles. The van der Waals surface area contributed by atoms with Crippen molar-refractivity contribution in [2.24, 2.45) is 0 Å². The second-order valence-electron chi connectivity index (χ2n) is 4.56. The fourth-order valence-corrected chi connectivity index (χ4v) is 2.42. The van der Waals surface area contributed by atoms with E-state index < -0.39 is 18.0 Å². The molecule has 0 aromatic carbocycles. The smallest absolute Gasteiger partial charge is 0.349 e. The lowest BCUT2D eigenvalue weighted by Crippen LogP contribution is -2.35. The Morgan fingerprint density at radius 3 is 2.59 bits per heavy atom. The van der Waals surface area contributed by atoms with E-state index in [-0.39, 0.29) is 17.2 Å². The number of Topliss-reactive ketones (excluding diaryl/α,β-unsaturated/α-hetero) is 1. The van der Waals surface area contributed by atoms with Crippen LogP contribution in [0, 0.1) is 0 Å². The van der Waals surface area contributed by atoms with Gasteiger partial charge in [0, 0.05) is 0 Å². The molecule has 7 heteroatoms. The quantitative estimate of drug-likeness (QED) is 0.652. The number of carbonyl (C=O) groups is 3. The molecule has 22 heavy (non-hydrogen) atoms. The molecule has 2 aromatic rings. The van der Waals surface area contributed by atoms with Crippen LogP contribution in [0.2, 0.25) is 0 Å². The summed E-state index contributed by atoms with van der Waals surface area (Å²) in [6.45, 7) is 3.13. The highest BCUT2D eigenvalue weighted by Crippen LogP contribution is 2.18. The van der Waals surface area contributed by atoms with Gasteiger partial charge in [0.1, 0.15) is 10.6 Å². The molecule has 0 spiro atoms. The Hall–Kier alpha value is -2.41. The molecule has 0 saturated heterocycles. The molecule has 6 nitrogen and oxygen atoms in total. The number of nitrogens with one attached hydrogen (secondary N) is 1. The SMILES string of the molecule is CC(=O)c1ccc(C(=O)O[C@H](C)C(=O)NCc2ccco2)s1. The molecule has 0 unspecified atom stereocenters. The van der Waals surface area contributed by atoms with Crippen LogP contribution in [-0.4, -0.2) is 23.8 Å². The van der Waals surface area contributed by atoms with Crippen molar-refractivity contribution in [2.75, 3.05) is 0 Å². The first kappa shape index (κ1) is 16.0. The zero-order valence-corrected chi connectivity index (χ0v) is 12.9. The Kier molecular flexibility index (Phi) is 5.11. The third-order valence-corrected chi connectivity index (χ3v) is 3.99. The molecule has 1 amide bonds. The lowest BCUT2D eigenvalue weighted by atomic mass is 10.3. The van der Waals surface area contributed by atoms with Crippen molar-refractivity contribution in [3.05, 3.63) is 46.0 Å². The van der Waals surface area contributed by atoms with Crippen LogP contribution in [-0.2, 0) is 16.1 Å². The molecular weight excluding hydrogens is 306 g/mol. The maximum atomic E-state index is 11.9. The topological polar surface area (TPSA) is 85.6 Å². The summed E-state index contributed by atoms with van der Waals surface area (Å²) >= 11 is 1.04. The predicted molar refractivity (Wildman–Crippen MR) is 79.8 cm³/mol. The molecule has 0 bridgehead atoms. The van der Waals surface area contributed by atoms with E-state index in [2.05, 4.69) is 5.32 Å². The van der Waals surface area contributed by atoms with Crippen LogP contribution in [0.3, 0.4) is 0 Å². The highest BCUT2D eigenvalue weighted by Gasteiger charge is 2.20. The maximum Gasteiger partial charge on any atom is 0.349 e. The number of hydrogen-bond donors (Lipinski definition) is 1. The monoisotopic (exact) mass is 321 g/mol. The van der Waals surface area contributed by atoms with E-state index in [1.54, 1.807) is 18.2 Å². The van der Waals surface area contributed by atoms with Crippen LogP contribution in [0.1, 0.15) is 39.0 Å². The molecule has 0 radical (unpaired) electrons. The number of ketones is 1. The summed E-state index contributed by atoms with van der Waals surface area (Å²) in [5.41, 5.74) is 0. The first-order valence-corrected chi connectivity index (χ1v) is 7.41. The van der Waals surface area contributed by atoms with Crippen LogP contribution in [0.5, 0.6) is 0 Å². The number of amides is 1. The number of carbonyl (C=O) groups excluding carboxylic acids is 3. The number of hydrogen-bond acceptors (Lipinski definition) is 6. The summed E-state index contributed by atoms with van der Waals surface area (Å²) in [6.07, 6.45) is 0.569. The van der Waals surface area contributed by atoms with Crippen molar-refractivity contribution in [2.45, 2.75) is 26.5 Å². The van der Waals surface area contributed by atoms with Crippen molar-refractivity contribution in [3.63, 3.8) is 0 Å². The third-order valence-electron chi connectivity index (χ3n) is 2.82. The summed E-state index contributed by atoms with van der Waals surface area (Å²) in [5.74, 6) is -0.559. The average molecular weight is 321 g/mol. The van der Waals surface area contributed by atoms with Crippen molar-refractivity contribution in [3.8, 4) is 0 Å². The minimum absolute atomic E-state index is 0.117. The molecule has 2 rings (SSSR count). The van der Waals surface area contributed by atoms with Gasteiger partial charge in [-0.25, -0.2) is 4.79 Å². The van der Waals surface area contributed by atoms with E-state index in [4.69, 9.17) is 9.15 Å². The van der Waals surface area contributed by atoms with Gasteiger partial charge in [0.25, 0.3) is 5.91 Å². The van der Waals surface area contributed by atoms with Gasteiger partial charge in [0.05, 0.1) is 17.7 Å². The van der Waals surface area contributed by atoms with Gasteiger partial charge in [0.15, 0.2) is 11.9 Å². The fourth-order valence-electron chi connectivity index (χ4n) is 1.64. The number of esters is 1. The van der Waals surface area contributed by atoms with E-state index in [0.717, 1.165) is 11.3 Å². The first-order valence-electron chi connectivity index (χ1n) is 6.59. The summed E-state index contributed by atoms with van der Waals surface area (Å²) in [4.78, 5) is 35.7. The molecule has 1 N–H and O–H groups in total. The fraction of sp³-hybridized carbons (Fsp3) is 0.267. The maximum absolute atomic E-state index is 11.9. The third kappa shape index (κ3) is 4.05. The number of rotatable bonds is 6. The van der Waals surface area contributed by atoms with Gasteiger partial charge >= 0.3 is 5.97 Å². The van der Waals surface area contributed by atoms with E-state index >= 15 is 0 Å². The molecule has 2 heterocycles. The van der Waals surface area contributed by atoms with Gasteiger partial charge in [-0.15, -0.1) is 11.3 Å². The molecular formula is C15H15NO5S. The average Bonchev–Trinajstić information content (AvgIpc) is 3.15. The Labute approximate surface area is 131 Å². The molecule has 0 saturated carbocycles. The highest BCUT2D eigenvalue weighted by atomic mass is 32.1. The van der Waals surface area contributed by atoms with Crippen molar-refractivity contribution >= 4 is 29.0 Å². The van der Waals surface area contributed by atoms with E-state index in [1.807, 2.05) is 0 Å². The lowest BCUT2D eigenvalue weighted by molar-refractivity contribution is -0.129. The normalized spacial score (nSPS) is 11.7. The van der Waals surface area contributed by atoms with Gasteiger partial charge in [-0.05, 0) is 38.1 Å². The highest BCUT2D eigenvalue weighted by molar-refractivity contribution is 7.15. The number of ether oxygens (including phenoxy) is 1. The van der Waals surface area contributed by atoms with Crippen LogP contribution in [0.15, 0.2) is 34.9 Å². The van der Waals surface area contributed by atoms with E-state index in [1.165, 1.54) is 26.2 Å². The molecule has 116 valence electrons. The van der Waals surface area contributed by atoms with Crippen molar-refractivity contribution < 1.29 is 23.5 Å². The minimum atomic E-state index is -0.939. The molecule has 0 aliphatic heterocycles. The number of furan rings is 1. The van der Waals surface area contributed by atoms with Crippen LogP contribution >= 0.6 is 11.3 Å². The van der Waals surface area contributed by atoms with Crippen molar-refractivity contribution in [1.29, 1.82) is 0 Å². The standard InChI is InChI=1S/C15H15NO5S/c1-9(17)12-5-6-13(22-12)15(19)21-10(2)14(18)16-8-11-4-3-7-20-11/h3-7,10H,8H2,1-2H3,(H,16,18)/t10-/m1/s1. The van der Waals surface area contributed by atoms with Gasteiger partial charge in [0.2, 0.25) is 0 Å². The van der Waals surface area contributed by atoms with Gasteiger partial charge < -0.3 is 14.5 Å². The lowest BCUT2D eigenvalue weighted by Gasteiger charge is -2.12. The van der Waals surface area contributed by atoms with Gasteiger partial charge in [-0.2, -0.15) is 0 Å². The molecule has 0 aliphatic rings. The Balaban J connectivity index is 1.86. The van der Waals surface area contributed by atoms with E-state index in [0.29, 0.717) is 10.6 Å².